The van der Waals surface area contributed by atoms with E-state index in [-0.39, 0.29) is 24.9 Å². The Hall–Kier alpha value is -1.92. The van der Waals surface area contributed by atoms with Crippen molar-refractivity contribution in [3.63, 3.8) is 0 Å². The van der Waals surface area contributed by atoms with E-state index in [1.54, 1.807) is 0 Å². The van der Waals surface area contributed by atoms with E-state index in [1.165, 1.54) is 186 Å². The topological polar surface area (TPSA) is 95.9 Å². The van der Waals surface area contributed by atoms with Gasteiger partial charge in [0.15, 0.2) is 0 Å². The zero-order chi connectivity index (χ0) is 46.7. The van der Waals surface area contributed by atoms with Gasteiger partial charge in [-0.2, -0.15) is 0 Å². The minimum absolute atomic E-state index is 0.0730. The van der Waals surface area contributed by atoms with Crippen molar-refractivity contribution in [1.82, 2.24) is 5.32 Å². The molecular formula is C58H109NO5. The number of nitrogens with one attached hydrogen (secondary N) is 1. The van der Waals surface area contributed by atoms with Gasteiger partial charge >= 0.3 is 5.97 Å². The lowest BCUT2D eigenvalue weighted by Crippen LogP contribution is -2.46. The molecule has 0 rings (SSSR count). The van der Waals surface area contributed by atoms with Crippen LogP contribution in [0.25, 0.3) is 0 Å². The summed E-state index contributed by atoms with van der Waals surface area (Å²) in [5.41, 5.74) is 0. The van der Waals surface area contributed by atoms with Gasteiger partial charge in [0.25, 0.3) is 0 Å². The van der Waals surface area contributed by atoms with Crippen LogP contribution in [0.3, 0.4) is 0 Å². The lowest BCUT2D eigenvalue weighted by atomic mass is 10.0. The third-order valence-corrected chi connectivity index (χ3v) is 12.9. The molecule has 0 fully saturated rings. The van der Waals surface area contributed by atoms with Crippen molar-refractivity contribution in [3.05, 3.63) is 36.5 Å². The van der Waals surface area contributed by atoms with E-state index in [2.05, 4.69) is 62.5 Å². The Morgan fingerprint density at radius 2 is 0.797 bits per heavy atom. The van der Waals surface area contributed by atoms with Crippen molar-refractivity contribution in [3.8, 4) is 0 Å². The van der Waals surface area contributed by atoms with Crippen LogP contribution in [0.2, 0.25) is 0 Å². The van der Waals surface area contributed by atoms with Crippen LogP contribution >= 0.6 is 0 Å². The number of unbranched alkanes of at least 4 members (excludes halogenated alkanes) is 33. The number of ether oxygens (including phenoxy) is 1. The standard InChI is InChI=1S/C58H109NO5/c1-4-7-10-13-16-19-22-25-26-27-28-29-30-33-36-39-42-45-48-51-58(63)64-54(49-46-43-40-37-34-31-23-20-17-14-11-8-5-2)52-57(62)59-55(53-60)56(61)50-47-44-41-38-35-32-24-21-18-15-12-9-6-3/h16,19-20,23,25-26,54-56,60-61H,4-15,17-18,21-22,24,27-53H2,1-3H3,(H,59,62)/b19-16-,23-20-,26-25-. The van der Waals surface area contributed by atoms with Crippen molar-refractivity contribution in [1.29, 1.82) is 0 Å². The molecule has 0 aromatic carbocycles. The quantitative estimate of drug-likeness (QED) is 0.0321. The van der Waals surface area contributed by atoms with Gasteiger partial charge in [-0.1, -0.05) is 237 Å². The second-order valence-electron chi connectivity index (χ2n) is 19.3. The molecule has 0 saturated carbocycles. The van der Waals surface area contributed by atoms with Gasteiger partial charge in [-0.25, -0.2) is 0 Å². The number of esters is 1. The Kier molecular flexibility index (Phi) is 50.5. The summed E-state index contributed by atoms with van der Waals surface area (Å²) in [5, 5.41) is 23.8. The van der Waals surface area contributed by atoms with Crippen molar-refractivity contribution in [2.24, 2.45) is 0 Å². The summed E-state index contributed by atoms with van der Waals surface area (Å²) in [6, 6.07) is -0.703. The van der Waals surface area contributed by atoms with Gasteiger partial charge in [0.2, 0.25) is 5.91 Å². The van der Waals surface area contributed by atoms with E-state index in [0.29, 0.717) is 19.3 Å². The number of amides is 1. The Morgan fingerprint density at radius 1 is 0.453 bits per heavy atom. The molecule has 3 N–H and O–H groups in total. The molecule has 6 heteroatoms. The van der Waals surface area contributed by atoms with Crippen molar-refractivity contribution in [2.45, 2.75) is 315 Å². The highest BCUT2D eigenvalue weighted by Gasteiger charge is 2.24. The number of hydrogen-bond donors (Lipinski definition) is 3. The number of hydrogen-bond acceptors (Lipinski definition) is 5. The molecule has 1 amide bonds. The van der Waals surface area contributed by atoms with Crippen LogP contribution in [0.1, 0.15) is 297 Å². The zero-order valence-corrected chi connectivity index (χ0v) is 42.9. The van der Waals surface area contributed by atoms with Crippen LogP contribution < -0.4 is 5.32 Å². The maximum Gasteiger partial charge on any atom is 0.306 e. The summed E-state index contributed by atoms with van der Waals surface area (Å²) in [6.45, 7) is 6.47. The van der Waals surface area contributed by atoms with Gasteiger partial charge in [-0.05, 0) is 83.5 Å². The Labute approximate surface area is 398 Å². The lowest BCUT2D eigenvalue weighted by molar-refractivity contribution is -0.151. The van der Waals surface area contributed by atoms with Crippen LogP contribution in [-0.2, 0) is 14.3 Å². The van der Waals surface area contributed by atoms with Crippen LogP contribution in [0, 0.1) is 0 Å². The molecule has 0 aliphatic heterocycles. The molecule has 0 radical (unpaired) electrons. The first kappa shape index (κ1) is 62.1. The van der Waals surface area contributed by atoms with Crippen LogP contribution in [0.4, 0.5) is 0 Å². The Balaban J connectivity index is 4.51. The maximum atomic E-state index is 13.2. The molecule has 0 heterocycles. The maximum absolute atomic E-state index is 13.2. The number of rotatable bonds is 51. The molecule has 3 atom stereocenters. The molecular weight excluding hydrogens is 791 g/mol. The highest BCUT2D eigenvalue weighted by Crippen LogP contribution is 2.18. The molecule has 0 bridgehead atoms. The smallest absolute Gasteiger partial charge is 0.306 e. The average molecular weight is 901 g/mol. The van der Waals surface area contributed by atoms with Gasteiger partial charge in [0.1, 0.15) is 6.10 Å². The molecule has 64 heavy (non-hydrogen) atoms. The molecule has 0 spiro atoms. The fourth-order valence-electron chi connectivity index (χ4n) is 8.63. The van der Waals surface area contributed by atoms with Gasteiger partial charge in [0.05, 0.1) is 25.2 Å². The van der Waals surface area contributed by atoms with Crippen LogP contribution in [0.5, 0.6) is 0 Å². The van der Waals surface area contributed by atoms with Crippen molar-refractivity contribution < 1.29 is 24.5 Å². The molecule has 0 saturated heterocycles. The summed E-state index contributed by atoms with van der Waals surface area (Å²) in [5.74, 6) is -0.474. The summed E-state index contributed by atoms with van der Waals surface area (Å²) in [4.78, 5) is 26.2. The summed E-state index contributed by atoms with van der Waals surface area (Å²) < 4.78 is 5.95. The third kappa shape index (κ3) is 46.6. The first-order valence-corrected chi connectivity index (χ1v) is 28.2. The predicted molar refractivity (Wildman–Crippen MR) is 278 cm³/mol. The highest BCUT2D eigenvalue weighted by molar-refractivity contribution is 5.77. The molecule has 0 aliphatic rings. The Morgan fingerprint density at radius 3 is 1.25 bits per heavy atom. The van der Waals surface area contributed by atoms with Gasteiger partial charge in [-0.15, -0.1) is 0 Å². The first-order valence-electron chi connectivity index (χ1n) is 28.2. The molecule has 0 aromatic heterocycles. The average Bonchev–Trinajstić information content (AvgIpc) is 3.29. The predicted octanol–water partition coefficient (Wildman–Crippen LogP) is 17.2. The SMILES string of the molecule is CCCCC/C=C\C/C=C\CCCCCCCCCCCC(=O)OC(CCCCCCC/C=C\CCCCCC)CC(=O)NC(CO)C(O)CCCCCCCCCCCCCCC. The number of carbonyl (C=O) groups excluding carboxylic acids is 2. The minimum Gasteiger partial charge on any atom is -0.462 e. The van der Waals surface area contributed by atoms with Crippen LogP contribution in [-0.4, -0.2) is 46.9 Å². The monoisotopic (exact) mass is 900 g/mol. The van der Waals surface area contributed by atoms with E-state index in [9.17, 15) is 19.8 Å². The lowest BCUT2D eigenvalue weighted by Gasteiger charge is -2.24. The number of allylic oxidation sites excluding steroid dienone is 6. The fraction of sp³-hybridized carbons (Fsp3) is 0.862. The van der Waals surface area contributed by atoms with E-state index in [4.69, 9.17) is 4.74 Å². The van der Waals surface area contributed by atoms with Gasteiger partial charge < -0.3 is 20.3 Å². The number of aliphatic hydroxyl groups is 2. The molecule has 3 unspecified atom stereocenters. The molecule has 376 valence electrons. The number of aliphatic hydroxyl groups excluding tert-OH is 2. The van der Waals surface area contributed by atoms with Gasteiger partial charge in [0, 0.05) is 6.42 Å². The van der Waals surface area contributed by atoms with E-state index in [0.717, 1.165) is 64.2 Å². The molecule has 0 aliphatic carbocycles. The minimum atomic E-state index is -0.789. The van der Waals surface area contributed by atoms with Crippen molar-refractivity contribution in [2.75, 3.05) is 6.61 Å². The largest absolute Gasteiger partial charge is 0.462 e. The number of carbonyl (C=O) groups is 2. The summed E-state index contributed by atoms with van der Waals surface area (Å²) >= 11 is 0. The van der Waals surface area contributed by atoms with Gasteiger partial charge in [-0.3, -0.25) is 9.59 Å². The summed E-state index contributed by atoms with van der Waals surface area (Å²) in [6.07, 6.45) is 62.0. The highest BCUT2D eigenvalue weighted by atomic mass is 16.5. The second-order valence-corrected chi connectivity index (χ2v) is 19.3. The van der Waals surface area contributed by atoms with E-state index in [1.807, 2.05) is 0 Å². The summed E-state index contributed by atoms with van der Waals surface area (Å²) in [7, 11) is 0. The molecule has 0 aromatic rings. The first-order chi connectivity index (χ1) is 31.5. The third-order valence-electron chi connectivity index (χ3n) is 12.9. The second kappa shape index (κ2) is 52.1. The van der Waals surface area contributed by atoms with Crippen molar-refractivity contribution >= 4 is 11.9 Å². The van der Waals surface area contributed by atoms with Crippen LogP contribution in [0.15, 0.2) is 36.5 Å². The Bertz CT molecular complexity index is 1060. The molecule has 6 nitrogen and oxygen atoms in total. The fourth-order valence-corrected chi connectivity index (χ4v) is 8.63. The normalized spacial score (nSPS) is 13.4. The zero-order valence-electron chi connectivity index (χ0n) is 42.9. The van der Waals surface area contributed by atoms with E-state index < -0.39 is 18.2 Å². The van der Waals surface area contributed by atoms with E-state index >= 15 is 0 Å².